The Morgan fingerprint density at radius 3 is 2.35 bits per heavy atom. The van der Waals surface area contributed by atoms with E-state index in [-0.39, 0.29) is 16.0 Å². The number of rotatable bonds is 3. The van der Waals surface area contributed by atoms with E-state index in [1.54, 1.807) is 0 Å². The molecule has 1 unspecified atom stereocenters. The Balaban J connectivity index is 2.81. The van der Waals surface area contributed by atoms with Gasteiger partial charge in [0, 0.05) is 5.41 Å². The van der Waals surface area contributed by atoms with Crippen LogP contribution >= 0.6 is 15.9 Å². The molecule has 0 saturated heterocycles. The number of alkyl halides is 1. The van der Waals surface area contributed by atoms with Crippen LogP contribution in [0.2, 0.25) is 0 Å². The van der Waals surface area contributed by atoms with Gasteiger partial charge < -0.3 is 0 Å². The van der Waals surface area contributed by atoms with Crippen LogP contribution in [0.5, 0.6) is 0 Å². The van der Waals surface area contributed by atoms with Crippen LogP contribution in [0.4, 0.5) is 0 Å². The van der Waals surface area contributed by atoms with Gasteiger partial charge in [0.2, 0.25) is 0 Å². The Kier molecular flexibility index (Phi) is 4.54. The standard InChI is InChI=1S/C15H21BrO/c1-10-6-7-12(11(2)8-10)9-13(16)14(17)15(3,4)5/h6-8,13H,9H2,1-5H3. The van der Waals surface area contributed by atoms with Gasteiger partial charge in [0.1, 0.15) is 0 Å². The largest absolute Gasteiger partial charge is 0.298 e. The van der Waals surface area contributed by atoms with E-state index in [9.17, 15) is 4.79 Å². The third-order valence-electron chi connectivity index (χ3n) is 2.92. The second-order valence-electron chi connectivity index (χ2n) is 5.72. The summed E-state index contributed by atoms with van der Waals surface area (Å²) in [5.74, 6) is 0.262. The van der Waals surface area contributed by atoms with Crippen LogP contribution in [0, 0.1) is 19.3 Å². The van der Waals surface area contributed by atoms with Gasteiger partial charge >= 0.3 is 0 Å². The third-order valence-corrected chi connectivity index (χ3v) is 3.66. The van der Waals surface area contributed by atoms with Crippen molar-refractivity contribution in [1.82, 2.24) is 0 Å². The third kappa shape index (κ3) is 3.95. The number of carbonyl (C=O) groups excluding carboxylic acids is 1. The molecule has 0 aliphatic rings. The van der Waals surface area contributed by atoms with Gasteiger partial charge in [-0.25, -0.2) is 0 Å². The molecule has 1 rings (SSSR count). The zero-order valence-corrected chi connectivity index (χ0v) is 12.9. The molecule has 1 nitrogen and oxygen atoms in total. The number of benzene rings is 1. The molecule has 17 heavy (non-hydrogen) atoms. The average Bonchev–Trinajstić information content (AvgIpc) is 2.19. The molecule has 1 aromatic carbocycles. The minimum atomic E-state index is -0.285. The summed E-state index contributed by atoms with van der Waals surface area (Å²) in [4.78, 5) is 12.0. The molecule has 1 atom stereocenters. The molecular weight excluding hydrogens is 276 g/mol. The lowest BCUT2D eigenvalue weighted by molar-refractivity contribution is -0.125. The Bertz CT molecular complexity index is 415. The van der Waals surface area contributed by atoms with E-state index in [0.29, 0.717) is 0 Å². The van der Waals surface area contributed by atoms with Crippen molar-refractivity contribution in [2.45, 2.75) is 45.9 Å². The first-order valence-electron chi connectivity index (χ1n) is 5.96. The topological polar surface area (TPSA) is 17.1 Å². The van der Waals surface area contributed by atoms with Gasteiger partial charge in [-0.05, 0) is 31.4 Å². The zero-order chi connectivity index (χ0) is 13.2. The molecule has 94 valence electrons. The van der Waals surface area contributed by atoms with Crippen molar-refractivity contribution >= 4 is 21.7 Å². The minimum Gasteiger partial charge on any atom is -0.298 e. The molecule has 0 amide bonds. The fourth-order valence-corrected chi connectivity index (χ4v) is 2.87. The first-order chi connectivity index (χ1) is 7.71. The lowest BCUT2D eigenvalue weighted by atomic mass is 9.87. The minimum absolute atomic E-state index is 0.0936. The highest BCUT2D eigenvalue weighted by atomic mass is 79.9. The fraction of sp³-hybridized carbons (Fsp3) is 0.533. The van der Waals surface area contributed by atoms with Gasteiger partial charge in [0.25, 0.3) is 0 Å². The van der Waals surface area contributed by atoms with E-state index < -0.39 is 0 Å². The average molecular weight is 297 g/mol. The van der Waals surface area contributed by atoms with E-state index in [0.717, 1.165) is 6.42 Å². The fourth-order valence-electron chi connectivity index (χ4n) is 1.83. The molecule has 0 fully saturated rings. The molecule has 0 radical (unpaired) electrons. The smallest absolute Gasteiger partial charge is 0.152 e. The predicted molar refractivity (Wildman–Crippen MR) is 76.8 cm³/mol. The van der Waals surface area contributed by atoms with Crippen LogP contribution in [0.3, 0.4) is 0 Å². The van der Waals surface area contributed by atoms with Crippen molar-refractivity contribution in [2.24, 2.45) is 5.41 Å². The molecule has 0 bridgehead atoms. The molecular formula is C15H21BrO. The quantitative estimate of drug-likeness (QED) is 0.763. The number of Topliss-reactive ketones (excluding diaryl/α,β-unsaturated/α-hetero) is 1. The van der Waals surface area contributed by atoms with E-state index in [2.05, 4.69) is 48.0 Å². The van der Waals surface area contributed by atoms with Crippen LogP contribution in [0.1, 0.15) is 37.5 Å². The van der Waals surface area contributed by atoms with Crippen molar-refractivity contribution in [1.29, 1.82) is 0 Å². The first-order valence-corrected chi connectivity index (χ1v) is 6.88. The summed E-state index contributed by atoms with van der Waals surface area (Å²) in [6.45, 7) is 10.1. The summed E-state index contributed by atoms with van der Waals surface area (Å²) in [6.07, 6.45) is 0.766. The van der Waals surface area contributed by atoms with E-state index in [1.807, 2.05) is 20.8 Å². The lowest BCUT2D eigenvalue weighted by Gasteiger charge is -2.21. The molecule has 0 heterocycles. The summed E-state index contributed by atoms with van der Waals surface area (Å²) in [7, 11) is 0. The highest BCUT2D eigenvalue weighted by Gasteiger charge is 2.28. The Morgan fingerprint density at radius 2 is 1.88 bits per heavy atom. The van der Waals surface area contributed by atoms with Gasteiger partial charge in [0.05, 0.1) is 4.83 Å². The molecule has 1 aromatic rings. The summed E-state index contributed by atoms with van der Waals surface area (Å²) in [6, 6.07) is 6.38. The van der Waals surface area contributed by atoms with Gasteiger partial charge in [-0.1, -0.05) is 60.5 Å². The van der Waals surface area contributed by atoms with Crippen LogP contribution in [-0.2, 0) is 11.2 Å². The molecule has 2 heteroatoms. The van der Waals surface area contributed by atoms with Crippen LogP contribution in [0.25, 0.3) is 0 Å². The van der Waals surface area contributed by atoms with Crippen LogP contribution in [0.15, 0.2) is 18.2 Å². The lowest BCUT2D eigenvalue weighted by Crippen LogP contribution is -2.30. The second kappa shape index (κ2) is 5.34. The predicted octanol–water partition coefficient (Wildman–Crippen LogP) is 4.22. The number of ketones is 1. The maximum absolute atomic E-state index is 12.1. The highest BCUT2D eigenvalue weighted by molar-refractivity contribution is 9.10. The summed E-state index contributed by atoms with van der Waals surface area (Å²) in [5, 5.41) is 0. The summed E-state index contributed by atoms with van der Waals surface area (Å²) < 4.78 is 0. The Morgan fingerprint density at radius 1 is 1.29 bits per heavy atom. The van der Waals surface area contributed by atoms with E-state index in [4.69, 9.17) is 0 Å². The molecule has 0 N–H and O–H groups in total. The van der Waals surface area contributed by atoms with Crippen molar-refractivity contribution in [3.8, 4) is 0 Å². The van der Waals surface area contributed by atoms with E-state index in [1.165, 1.54) is 16.7 Å². The van der Waals surface area contributed by atoms with Crippen molar-refractivity contribution < 1.29 is 4.79 Å². The summed E-state index contributed by atoms with van der Waals surface area (Å²) in [5.41, 5.74) is 3.48. The number of halogens is 1. The Labute approximate surface area is 113 Å². The number of carbonyl (C=O) groups is 1. The number of aryl methyl sites for hydroxylation is 2. The van der Waals surface area contributed by atoms with Gasteiger partial charge in [-0.3, -0.25) is 4.79 Å². The van der Waals surface area contributed by atoms with Crippen molar-refractivity contribution in [3.63, 3.8) is 0 Å². The van der Waals surface area contributed by atoms with Gasteiger partial charge in [-0.2, -0.15) is 0 Å². The SMILES string of the molecule is Cc1ccc(CC(Br)C(=O)C(C)(C)C)c(C)c1. The second-order valence-corrected chi connectivity index (χ2v) is 6.82. The molecule has 0 aliphatic carbocycles. The van der Waals surface area contributed by atoms with E-state index >= 15 is 0 Å². The Hall–Kier alpha value is -0.630. The highest BCUT2D eigenvalue weighted by Crippen LogP contribution is 2.24. The monoisotopic (exact) mass is 296 g/mol. The molecule has 0 spiro atoms. The molecule has 0 saturated carbocycles. The first kappa shape index (κ1) is 14.4. The van der Waals surface area contributed by atoms with Crippen molar-refractivity contribution in [2.75, 3.05) is 0 Å². The van der Waals surface area contributed by atoms with Gasteiger partial charge in [-0.15, -0.1) is 0 Å². The zero-order valence-electron chi connectivity index (χ0n) is 11.3. The van der Waals surface area contributed by atoms with Crippen LogP contribution < -0.4 is 0 Å². The summed E-state index contributed by atoms with van der Waals surface area (Å²) >= 11 is 3.52. The number of hydrogen-bond donors (Lipinski definition) is 0. The van der Waals surface area contributed by atoms with Crippen molar-refractivity contribution in [3.05, 3.63) is 34.9 Å². The number of hydrogen-bond acceptors (Lipinski definition) is 1. The maximum atomic E-state index is 12.1. The molecule has 0 aliphatic heterocycles. The van der Waals surface area contributed by atoms with Gasteiger partial charge in [0.15, 0.2) is 5.78 Å². The van der Waals surface area contributed by atoms with Crippen LogP contribution in [-0.4, -0.2) is 10.6 Å². The normalized spacial score (nSPS) is 13.5. The maximum Gasteiger partial charge on any atom is 0.152 e. The molecule has 0 aromatic heterocycles.